The number of aromatic nitrogens is 1. The molecule has 27 heavy (non-hydrogen) atoms. The van der Waals surface area contributed by atoms with Gasteiger partial charge in [0.2, 0.25) is 0 Å². The van der Waals surface area contributed by atoms with Crippen molar-refractivity contribution in [3.8, 4) is 0 Å². The number of primary amides is 1. The summed E-state index contributed by atoms with van der Waals surface area (Å²) >= 11 is 1.18. The van der Waals surface area contributed by atoms with Crippen LogP contribution in [0.15, 0.2) is 6.07 Å². The Morgan fingerprint density at radius 2 is 1.96 bits per heavy atom. The molecule has 1 amide bonds. The minimum Gasteiger partial charge on any atom is -0.397 e. The van der Waals surface area contributed by atoms with Crippen molar-refractivity contribution in [2.45, 2.75) is 26.7 Å². The van der Waals surface area contributed by atoms with Crippen LogP contribution in [-0.4, -0.2) is 50.3 Å². The molecule has 2 rings (SSSR count). The lowest BCUT2D eigenvalue weighted by Gasteiger charge is -2.25. The van der Waals surface area contributed by atoms with Gasteiger partial charge in [0.25, 0.3) is 16.1 Å². The van der Waals surface area contributed by atoms with Crippen molar-refractivity contribution in [1.82, 2.24) is 9.29 Å². The van der Waals surface area contributed by atoms with E-state index in [1.165, 1.54) is 18.4 Å². The van der Waals surface area contributed by atoms with E-state index < -0.39 is 16.1 Å². The largest absolute Gasteiger partial charge is 0.397 e. The molecule has 2 heterocycles. The first-order valence-corrected chi connectivity index (χ1v) is 10.9. The van der Waals surface area contributed by atoms with Gasteiger partial charge in [0, 0.05) is 32.1 Å². The van der Waals surface area contributed by atoms with Gasteiger partial charge in [-0.3, -0.25) is 4.79 Å². The number of hydrogen-bond acceptors (Lipinski definition) is 7. The first kappa shape index (κ1) is 21.4. The molecular formula is C16H26N6O3S2. The lowest BCUT2D eigenvalue weighted by Crippen LogP contribution is -2.39. The standard InChI is InChI=1S/C16H26N6O3S2/c1-4-6-10-9-11(22(5-2)8-7-21(3)27(19,24)25)20-16-12(10)13(17)14(26-16)15(18)23/h9H,4-8,17H2,1-3H3,(H2,18,23)(H2,19,24,25). The van der Waals surface area contributed by atoms with Gasteiger partial charge in [-0.2, -0.15) is 12.7 Å². The number of pyridine rings is 1. The predicted octanol–water partition coefficient (Wildman–Crippen LogP) is 0.892. The Balaban J connectivity index is 2.45. The third-order valence-electron chi connectivity index (χ3n) is 4.34. The number of nitrogen functional groups attached to an aromatic ring is 1. The summed E-state index contributed by atoms with van der Waals surface area (Å²) in [5.41, 5.74) is 12.9. The van der Waals surface area contributed by atoms with Crippen LogP contribution in [0.3, 0.4) is 0 Å². The van der Waals surface area contributed by atoms with Gasteiger partial charge in [-0.05, 0) is 25.0 Å². The van der Waals surface area contributed by atoms with E-state index >= 15 is 0 Å². The highest BCUT2D eigenvalue weighted by atomic mass is 32.2. The van der Waals surface area contributed by atoms with Gasteiger partial charge in [-0.15, -0.1) is 11.3 Å². The minimum atomic E-state index is -3.73. The van der Waals surface area contributed by atoms with Crippen molar-refractivity contribution in [2.24, 2.45) is 10.9 Å². The number of hydrogen-bond donors (Lipinski definition) is 3. The van der Waals surface area contributed by atoms with E-state index in [2.05, 4.69) is 11.9 Å². The number of nitrogens with zero attached hydrogens (tertiary/aromatic N) is 3. The van der Waals surface area contributed by atoms with Crippen LogP contribution in [-0.2, 0) is 16.6 Å². The Morgan fingerprint density at radius 3 is 2.48 bits per heavy atom. The lowest BCUT2D eigenvalue weighted by atomic mass is 10.1. The number of nitrogens with two attached hydrogens (primary N) is 3. The van der Waals surface area contributed by atoms with Gasteiger partial charge in [0.15, 0.2) is 0 Å². The van der Waals surface area contributed by atoms with Gasteiger partial charge < -0.3 is 16.4 Å². The molecule has 0 bridgehead atoms. The molecule has 0 saturated carbocycles. The van der Waals surface area contributed by atoms with Crippen LogP contribution in [0.2, 0.25) is 0 Å². The third-order valence-corrected chi connectivity index (χ3v) is 6.50. The number of fused-ring (bicyclic) bond motifs is 1. The number of anilines is 2. The van der Waals surface area contributed by atoms with E-state index in [9.17, 15) is 13.2 Å². The molecular weight excluding hydrogens is 388 g/mol. The van der Waals surface area contributed by atoms with Crippen molar-refractivity contribution < 1.29 is 13.2 Å². The number of aryl methyl sites for hydroxylation is 1. The summed E-state index contributed by atoms with van der Waals surface area (Å²) in [5.74, 6) is 0.134. The van der Waals surface area contributed by atoms with Crippen molar-refractivity contribution in [1.29, 1.82) is 0 Å². The van der Waals surface area contributed by atoms with Gasteiger partial charge >= 0.3 is 0 Å². The van der Waals surface area contributed by atoms with Crippen molar-refractivity contribution in [2.75, 3.05) is 37.3 Å². The van der Waals surface area contributed by atoms with Crippen molar-refractivity contribution in [3.05, 3.63) is 16.5 Å². The maximum absolute atomic E-state index is 11.6. The normalized spacial score (nSPS) is 12.0. The Bertz CT molecular complexity index is 941. The molecule has 9 nitrogen and oxygen atoms in total. The summed E-state index contributed by atoms with van der Waals surface area (Å²) in [6.07, 6.45) is 1.68. The highest BCUT2D eigenvalue weighted by Crippen LogP contribution is 2.37. The highest BCUT2D eigenvalue weighted by Gasteiger charge is 2.20. The summed E-state index contributed by atoms with van der Waals surface area (Å²) < 4.78 is 23.9. The van der Waals surface area contributed by atoms with Crippen LogP contribution in [0.5, 0.6) is 0 Å². The number of thiophene rings is 1. The number of rotatable bonds is 9. The van der Waals surface area contributed by atoms with Crippen LogP contribution in [0.4, 0.5) is 11.5 Å². The van der Waals surface area contributed by atoms with Crippen LogP contribution >= 0.6 is 11.3 Å². The number of carbonyl (C=O) groups is 1. The van der Waals surface area contributed by atoms with Gasteiger partial charge in [-0.1, -0.05) is 13.3 Å². The molecule has 0 aliphatic heterocycles. The van der Waals surface area contributed by atoms with Crippen LogP contribution in [0.1, 0.15) is 35.5 Å². The molecule has 150 valence electrons. The molecule has 0 unspecified atom stereocenters. The fourth-order valence-electron chi connectivity index (χ4n) is 2.82. The second-order valence-corrected chi connectivity index (χ2v) is 8.88. The molecule has 0 saturated heterocycles. The Morgan fingerprint density at radius 1 is 1.30 bits per heavy atom. The average Bonchev–Trinajstić information content (AvgIpc) is 2.92. The monoisotopic (exact) mass is 414 g/mol. The second kappa shape index (κ2) is 8.38. The van der Waals surface area contributed by atoms with Crippen LogP contribution < -0.4 is 21.5 Å². The lowest BCUT2D eigenvalue weighted by molar-refractivity contribution is 0.100. The number of likely N-dealkylation sites (N-methyl/N-ethyl adjacent to an activating group) is 2. The fraction of sp³-hybridized carbons (Fsp3) is 0.500. The maximum atomic E-state index is 11.6. The maximum Gasteiger partial charge on any atom is 0.276 e. The smallest absolute Gasteiger partial charge is 0.276 e. The molecule has 11 heteroatoms. The molecule has 0 fully saturated rings. The summed E-state index contributed by atoms with van der Waals surface area (Å²) in [6, 6.07) is 1.94. The Kier molecular flexibility index (Phi) is 6.63. The van der Waals surface area contributed by atoms with E-state index in [0.717, 1.165) is 28.1 Å². The van der Waals surface area contributed by atoms with Crippen molar-refractivity contribution in [3.63, 3.8) is 0 Å². The number of carbonyl (C=O) groups excluding carboxylic acids is 1. The SMILES string of the molecule is CCCc1cc(N(CC)CCN(C)S(N)(=O)=O)nc2sc(C(N)=O)c(N)c12. The molecule has 0 spiro atoms. The molecule has 0 atom stereocenters. The third kappa shape index (κ3) is 4.67. The highest BCUT2D eigenvalue weighted by molar-refractivity contribution is 7.86. The van der Waals surface area contributed by atoms with Gasteiger partial charge in [0.05, 0.1) is 5.69 Å². The Hall–Kier alpha value is -1.95. The molecule has 6 N–H and O–H groups in total. The van der Waals surface area contributed by atoms with Gasteiger partial charge in [0.1, 0.15) is 15.5 Å². The summed E-state index contributed by atoms with van der Waals surface area (Å²) in [6.45, 7) is 5.31. The van der Waals surface area contributed by atoms with E-state index in [1.807, 2.05) is 17.9 Å². The number of amides is 1. The van der Waals surface area contributed by atoms with Crippen molar-refractivity contribution >= 4 is 49.2 Å². The van der Waals surface area contributed by atoms with E-state index in [4.69, 9.17) is 16.6 Å². The predicted molar refractivity (Wildman–Crippen MR) is 110 cm³/mol. The minimum absolute atomic E-state index is 0.231. The second-order valence-electron chi connectivity index (χ2n) is 6.22. The van der Waals surface area contributed by atoms with E-state index in [0.29, 0.717) is 34.3 Å². The quantitative estimate of drug-likeness (QED) is 0.555. The van der Waals surface area contributed by atoms with Crippen LogP contribution in [0.25, 0.3) is 10.2 Å². The zero-order valence-electron chi connectivity index (χ0n) is 15.7. The zero-order chi connectivity index (χ0) is 20.4. The molecule has 2 aromatic rings. The molecule has 2 aromatic heterocycles. The first-order valence-electron chi connectivity index (χ1n) is 8.60. The summed E-state index contributed by atoms with van der Waals surface area (Å²) in [7, 11) is -2.30. The first-order chi connectivity index (χ1) is 12.6. The Labute approximate surface area is 163 Å². The molecule has 0 aliphatic rings. The topological polar surface area (TPSA) is 149 Å². The van der Waals surface area contributed by atoms with E-state index in [1.54, 1.807) is 0 Å². The van der Waals surface area contributed by atoms with Crippen LogP contribution in [0, 0.1) is 0 Å². The van der Waals surface area contributed by atoms with E-state index in [-0.39, 0.29) is 6.54 Å². The summed E-state index contributed by atoms with van der Waals surface area (Å²) in [4.78, 5) is 19.2. The zero-order valence-corrected chi connectivity index (χ0v) is 17.4. The molecule has 0 aliphatic carbocycles. The molecule has 0 aromatic carbocycles. The molecule has 0 radical (unpaired) electrons. The fourth-order valence-corrected chi connectivity index (χ4v) is 4.14. The summed E-state index contributed by atoms with van der Waals surface area (Å²) in [5, 5.41) is 5.91. The average molecular weight is 415 g/mol. The van der Waals surface area contributed by atoms with Gasteiger partial charge in [-0.25, -0.2) is 10.1 Å².